The maximum atomic E-state index is 10.2. The summed E-state index contributed by atoms with van der Waals surface area (Å²) in [6, 6.07) is 12.0. The van der Waals surface area contributed by atoms with Crippen LogP contribution >= 0.6 is 0 Å². The molecule has 3 unspecified atom stereocenters. The van der Waals surface area contributed by atoms with Gasteiger partial charge in [0.25, 0.3) is 0 Å². The number of benzene rings is 1. The molecule has 0 aromatic heterocycles. The summed E-state index contributed by atoms with van der Waals surface area (Å²) in [5, 5.41) is 10.2. The van der Waals surface area contributed by atoms with E-state index in [2.05, 4.69) is 40.1 Å². The molecule has 0 radical (unpaired) electrons. The van der Waals surface area contributed by atoms with Crippen molar-refractivity contribution in [3.8, 4) is 0 Å². The minimum absolute atomic E-state index is 0.366. The van der Waals surface area contributed by atoms with Crippen LogP contribution in [-0.2, 0) is 11.3 Å². The number of likely N-dealkylation sites (tertiary alicyclic amines) is 2. The van der Waals surface area contributed by atoms with Crippen molar-refractivity contribution in [2.45, 2.75) is 57.3 Å². The van der Waals surface area contributed by atoms with Gasteiger partial charge < -0.3 is 9.84 Å². The minimum atomic E-state index is -0.366. The first-order valence-corrected chi connectivity index (χ1v) is 9.55. The van der Waals surface area contributed by atoms with Gasteiger partial charge in [-0.2, -0.15) is 0 Å². The predicted molar refractivity (Wildman–Crippen MR) is 97.0 cm³/mol. The predicted octanol–water partition coefficient (Wildman–Crippen LogP) is 2.51. The molecule has 2 heterocycles. The number of hydrogen-bond acceptors (Lipinski definition) is 4. The van der Waals surface area contributed by atoms with Crippen LogP contribution in [0.1, 0.15) is 38.2 Å². The summed E-state index contributed by atoms with van der Waals surface area (Å²) in [5.74, 6) is 0. The third-order valence-corrected chi connectivity index (χ3v) is 5.46. The van der Waals surface area contributed by atoms with Crippen LogP contribution in [0.3, 0.4) is 0 Å². The molecule has 1 N–H and O–H groups in total. The van der Waals surface area contributed by atoms with E-state index in [0.717, 1.165) is 19.6 Å². The first-order valence-electron chi connectivity index (χ1n) is 9.55. The summed E-state index contributed by atoms with van der Waals surface area (Å²) in [5.41, 5.74) is 1.41. The van der Waals surface area contributed by atoms with Crippen LogP contribution in [-0.4, -0.2) is 65.9 Å². The summed E-state index contributed by atoms with van der Waals surface area (Å²) in [7, 11) is 0. The molecule has 2 fully saturated rings. The Morgan fingerprint density at radius 3 is 2.46 bits per heavy atom. The van der Waals surface area contributed by atoms with Crippen molar-refractivity contribution in [3.05, 3.63) is 35.9 Å². The van der Waals surface area contributed by atoms with Crippen LogP contribution in [0.15, 0.2) is 30.3 Å². The molecule has 2 saturated heterocycles. The highest BCUT2D eigenvalue weighted by Crippen LogP contribution is 2.31. The van der Waals surface area contributed by atoms with Gasteiger partial charge in [-0.25, -0.2) is 0 Å². The van der Waals surface area contributed by atoms with E-state index in [9.17, 15) is 5.11 Å². The van der Waals surface area contributed by atoms with Crippen molar-refractivity contribution in [3.63, 3.8) is 0 Å². The molecule has 4 heteroatoms. The van der Waals surface area contributed by atoms with Crippen LogP contribution in [0.5, 0.6) is 0 Å². The zero-order valence-corrected chi connectivity index (χ0v) is 14.9. The van der Waals surface area contributed by atoms with Crippen LogP contribution < -0.4 is 0 Å². The molecule has 2 aliphatic heterocycles. The van der Waals surface area contributed by atoms with E-state index in [0.29, 0.717) is 25.3 Å². The van der Waals surface area contributed by atoms with Gasteiger partial charge in [0.15, 0.2) is 0 Å². The lowest BCUT2D eigenvalue weighted by molar-refractivity contribution is 0.0109. The molecule has 3 atom stereocenters. The molecule has 24 heavy (non-hydrogen) atoms. The number of aliphatic hydroxyl groups is 1. The fraction of sp³-hybridized carbons (Fsp3) is 0.700. The summed E-state index contributed by atoms with van der Waals surface area (Å²) in [4.78, 5) is 5.17. The quantitative estimate of drug-likeness (QED) is 0.793. The Labute approximate surface area is 146 Å². The molecule has 0 saturated carbocycles. The molecule has 134 valence electrons. The van der Waals surface area contributed by atoms with Crippen LogP contribution in [0.25, 0.3) is 0 Å². The number of ether oxygens (including phenoxy) is 1. The van der Waals surface area contributed by atoms with E-state index in [1.807, 2.05) is 6.92 Å². The zero-order valence-electron chi connectivity index (χ0n) is 14.9. The van der Waals surface area contributed by atoms with Gasteiger partial charge in [0, 0.05) is 31.8 Å². The molecule has 0 amide bonds. The third-order valence-electron chi connectivity index (χ3n) is 5.46. The van der Waals surface area contributed by atoms with E-state index in [-0.39, 0.29) is 6.10 Å². The van der Waals surface area contributed by atoms with Crippen LogP contribution in [0.4, 0.5) is 0 Å². The molecule has 3 rings (SSSR count). The molecule has 4 nitrogen and oxygen atoms in total. The van der Waals surface area contributed by atoms with Gasteiger partial charge >= 0.3 is 0 Å². The van der Waals surface area contributed by atoms with Gasteiger partial charge in [0.2, 0.25) is 0 Å². The second-order valence-corrected chi connectivity index (χ2v) is 7.18. The van der Waals surface area contributed by atoms with Gasteiger partial charge in [0.1, 0.15) is 0 Å². The topological polar surface area (TPSA) is 35.9 Å². The molecule has 0 bridgehead atoms. The molecule has 0 aliphatic carbocycles. The van der Waals surface area contributed by atoms with E-state index in [4.69, 9.17) is 4.74 Å². The molecule has 2 aliphatic rings. The largest absolute Gasteiger partial charge is 0.389 e. The lowest BCUT2D eigenvalue weighted by atomic mass is 10.0. The van der Waals surface area contributed by atoms with Gasteiger partial charge in [0.05, 0.1) is 12.7 Å². The lowest BCUT2D eigenvalue weighted by Gasteiger charge is -2.36. The smallest absolute Gasteiger partial charge is 0.0900 e. The Balaban J connectivity index is 1.58. The molecule has 1 aromatic rings. The van der Waals surface area contributed by atoms with Gasteiger partial charge in [-0.15, -0.1) is 0 Å². The van der Waals surface area contributed by atoms with Crippen LogP contribution in [0.2, 0.25) is 0 Å². The Bertz CT molecular complexity index is 482. The normalized spacial score (nSPS) is 26.9. The average Bonchev–Trinajstić information content (AvgIpc) is 3.23. The first-order chi connectivity index (χ1) is 11.8. The van der Waals surface area contributed by atoms with Crippen molar-refractivity contribution in [2.24, 2.45) is 0 Å². The second kappa shape index (κ2) is 8.95. The number of rotatable bonds is 8. The molecule has 0 spiro atoms. The van der Waals surface area contributed by atoms with Crippen molar-refractivity contribution in [2.75, 3.05) is 32.8 Å². The fourth-order valence-electron chi connectivity index (χ4n) is 4.39. The SMILES string of the molecule is CCOCC(O)CN1CCCC1C1CCCN1Cc1ccccc1. The van der Waals surface area contributed by atoms with Crippen molar-refractivity contribution in [1.29, 1.82) is 0 Å². The van der Waals surface area contributed by atoms with Crippen molar-refractivity contribution >= 4 is 0 Å². The van der Waals surface area contributed by atoms with E-state index in [1.165, 1.54) is 37.8 Å². The number of nitrogens with zero attached hydrogens (tertiary/aromatic N) is 2. The van der Waals surface area contributed by atoms with E-state index in [1.54, 1.807) is 0 Å². The maximum absolute atomic E-state index is 10.2. The summed E-state index contributed by atoms with van der Waals surface area (Å²) in [6.45, 7) is 7.23. The summed E-state index contributed by atoms with van der Waals surface area (Å²) in [6.07, 6.45) is 4.73. The van der Waals surface area contributed by atoms with E-state index < -0.39 is 0 Å². The maximum Gasteiger partial charge on any atom is 0.0900 e. The lowest BCUT2D eigenvalue weighted by Crippen LogP contribution is -2.48. The van der Waals surface area contributed by atoms with Crippen molar-refractivity contribution in [1.82, 2.24) is 9.80 Å². The highest BCUT2D eigenvalue weighted by atomic mass is 16.5. The number of hydrogen-bond donors (Lipinski definition) is 1. The average molecular weight is 332 g/mol. The Morgan fingerprint density at radius 2 is 1.75 bits per heavy atom. The molecular formula is C20H32N2O2. The molecular weight excluding hydrogens is 300 g/mol. The van der Waals surface area contributed by atoms with Gasteiger partial charge in [-0.1, -0.05) is 30.3 Å². The molecule has 1 aromatic carbocycles. The summed E-state index contributed by atoms with van der Waals surface area (Å²) >= 11 is 0. The Kier molecular flexibility index (Phi) is 6.67. The highest BCUT2D eigenvalue weighted by molar-refractivity contribution is 5.15. The van der Waals surface area contributed by atoms with Gasteiger partial charge in [-0.3, -0.25) is 9.80 Å². The number of aliphatic hydroxyl groups excluding tert-OH is 1. The second-order valence-electron chi connectivity index (χ2n) is 7.18. The minimum Gasteiger partial charge on any atom is -0.389 e. The monoisotopic (exact) mass is 332 g/mol. The van der Waals surface area contributed by atoms with Crippen molar-refractivity contribution < 1.29 is 9.84 Å². The highest BCUT2D eigenvalue weighted by Gasteiger charge is 2.38. The summed E-state index contributed by atoms with van der Waals surface area (Å²) < 4.78 is 5.38. The fourth-order valence-corrected chi connectivity index (χ4v) is 4.39. The van der Waals surface area contributed by atoms with Crippen LogP contribution in [0, 0.1) is 0 Å². The first kappa shape index (κ1) is 17.9. The Hall–Kier alpha value is -0.940. The Morgan fingerprint density at radius 1 is 1.08 bits per heavy atom. The zero-order chi connectivity index (χ0) is 16.8. The third kappa shape index (κ3) is 4.57. The van der Waals surface area contributed by atoms with Gasteiger partial charge in [-0.05, 0) is 51.3 Å². The number of β-amino-alcohol motifs (C(OH)–C–C–N with tert-alkyl or cyclic N) is 1. The van der Waals surface area contributed by atoms with E-state index >= 15 is 0 Å². The standard InChI is InChI=1S/C20H32N2O2/c1-2-24-16-18(23)15-22-13-7-11-20(22)19-10-6-12-21(19)14-17-8-4-3-5-9-17/h3-5,8-9,18-20,23H,2,6-7,10-16H2,1H3.